The third kappa shape index (κ3) is 2.80. The monoisotopic (exact) mass is 262 g/mol. The second kappa shape index (κ2) is 5.72. The minimum atomic E-state index is 0.513. The van der Waals surface area contributed by atoms with Crippen molar-refractivity contribution in [3.8, 4) is 5.75 Å². The molecule has 106 valence electrons. The maximum Gasteiger partial charge on any atom is 0.121 e. The van der Waals surface area contributed by atoms with Gasteiger partial charge in [-0.05, 0) is 25.0 Å². The molecular weight excluding hydrogens is 236 g/mol. The molecular formula is C16H26N2O. The van der Waals surface area contributed by atoms with E-state index in [9.17, 15) is 0 Å². The summed E-state index contributed by atoms with van der Waals surface area (Å²) in [6, 6.07) is 5.91. The van der Waals surface area contributed by atoms with Crippen molar-refractivity contribution in [3.05, 3.63) is 18.2 Å². The van der Waals surface area contributed by atoms with Crippen molar-refractivity contribution in [1.82, 2.24) is 0 Å². The highest BCUT2D eigenvalue weighted by Gasteiger charge is 2.41. The third-order valence-electron chi connectivity index (χ3n) is 4.19. The van der Waals surface area contributed by atoms with Crippen LogP contribution in [-0.4, -0.2) is 20.2 Å². The lowest BCUT2D eigenvalue weighted by atomic mass is 9.72. The van der Waals surface area contributed by atoms with Crippen molar-refractivity contribution in [1.29, 1.82) is 0 Å². The first kappa shape index (κ1) is 14.0. The zero-order chi connectivity index (χ0) is 13.9. The molecule has 3 heteroatoms. The number of hydrogen-bond acceptors (Lipinski definition) is 3. The standard InChI is InChI=1S/C16H26N2O/c1-4-8-16(9-5-2)11-18(12-16)15-10-13(19-3)6-7-14(15)17/h6-7,10H,4-5,8-9,11-12,17H2,1-3H3. The van der Waals surface area contributed by atoms with E-state index in [1.165, 1.54) is 25.7 Å². The fraction of sp³-hybridized carbons (Fsp3) is 0.625. The highest BCUT2D eigenvalue weighted by Crippen LogP contribution is 2.44. The molecule has 0 spiro atoms. The summed E-state index contributed by atoms with van der Waals surface area (Å²) in [6.45, 7) is 6.82. The SMILES string of the molecule is CCCC1(CCC)CN(c2cc(OC)ccc2N)C1. The van der Waals surface area contributed by atoms with Crippen LogP contribution in [0.15, 0.2) is 18.2 Å². The Morgan fingerprint density at radius 3 is 2.37 bits per heavy atom. The largest absolute Gasteiger partial charge is 0.497 e. The maximum absolute atomic E-state index is 6.09. The van der Waals surface area contributed by atoms with Gasteiger partial charge in [-0.25, -0.2) is 0 Å². The summed E-state index contributed by atoms with van der Waals surface area (Å²) in [7, 11) is 1.70. The smallest absolute Gasteiger partial charge is 0.121 e. The van der Waals surface area contributed by atoms with E-state index in [1.807, 2.05) is 12.1 Å². The predicted octanol–water partition coefficient (Wildman–Crippen LogP) is 3.68. The van der Waals surface area contributed by atoms with E-state index >= 15 is 0 Å². The van der Waals surface area contributed by atoms with Gasteiger partial charge in [0.25, 0.3) is 0 Å². The molecule has 0 saturated carbocycles. The molecule has 0 amide bonds. The van der Waals surface area contributed by atoms with Crippen molar-refractivity contribution in [2.75, 3.05) is 30.8 Å². The zero-order valence-corrected chi connectivity index (χ0v) is 12.4. The number of hydrogen-bond donors (Lipinski definition) is 1. The Labute approximate surface area is 116 Å². The summed E-state index contributed by atoms with van der Waals surface area (Å²) in [5.74, 6) is 0.882. The Kier molecular flexibility index (Phi) is 4.23. The van der Waals surface area contributed by atoms with E-state index in [0.717, 1.165) is 30.2 Å². The molecule has 19 heavy (non-hydrogen) atoms. The molecule has 2 rings (SSSR count). The Bertz CT molecular complexity index is 417. The minimum absolute atomic E-state index is 0.513. The summed E-state index contributed by atoms with van der Waals surface area (Å²) in [5, 5.41) is 0. The molecule has 1 saturated heterocycles. The van der Waals surface area contributed by atoms with Gasteiger partial charge in [-0.1, -0.05) is 26.7 Å². The van der Waals surface area contributed by atoms with Crippen molar-refractivity contribution < 1.29 is 4.74 Å². The molecule has 1 aromatic rings. The second-order valence-electron chi connectivity index (χ2n) is 5.78. The van der Waals surface area contributed by atoms with Gasteiger partial charge in [0.2, 0.25) is 0 Å². The van der Waals surface area contributed by atoms with E-state index in [2.05, 4.69) is 24.8 Å². The van der Waals surface area contributed by atoms with Crippen LogP contribution in [0.5, 0.6) is 5.75 Å². The van der Waals surface area contributed by atoms with Crippen LogP contribution in [0.1, 0.15) is 39.5 Å². The van der Waals surface area contributed by atoms with Gasteiger partial charge in [0, 0.05) is 24.6 Å². The van der Waals surface area contributed by atoms with Gasteiger partial charge in [0.05, 0.1) is 18.5 Å². The van der Waals surface area contributed by atoms with Gasteiger partial charge in [-0.3, -0.25) is 0 Å². The fourth-order valence-corrected chi connectivity index (χ4v) is 3.36. The van der Waals surface area contributed by atoms with Crippen molar-refractivity contribution in [2.45, 2.75) is 39.5 Å². The van der Waals surface area contributed by atoms with Crippen LogP contribution in [0, 0.1) is 5.41 Å². The summed E-state index contributed by atoms with van der Waals surface area (Å²) >= 11 is 0. The third-order valence-corrected chi connectivity index (χ3v) is 4.19. The second-order valence-corrected chi connectivity index (χ2v) is 5.78. The highest BCUT2D eigenvalue weighted by molar-refractivity contribution is 5.71. The van der Waals surface area contributed by atoms with Gasteiger partial charge in [0.15, 0.2) is 0 Å². The molecule has 0 aliphatic carbocycles. The average Bonchev–Trinajstić information content (AvgIpc) is 2.36. The highest BCUT2D eigenvalue weighted by atomic mass is 16.5. The number of nitrogens with two attached hydrogens (primary N) is 1. The summed E-state index contributed by atoms with van der Waals surface area (Å²) < 4.78 is 5.29. The molecule has 2 N–H and O–H groups in total. The lowest BCUT2D eigenvalue weighted by Gasteiger charge is -2.52. The maximum atomic E-state index is 6.09. The Hall–Kier alpha value is -1.38. The Balaban J connectivity index is 2.10. The quantitative estimate of drug-likeness (QED) is 0.795. The van der Waals surface area contributed by atoms with Crippen LogP contribution in [0.2, 0.25) is 0 Å². The number of anilines is 2. The number of rotatable bonds is 6. The number of nitrogen functional groups attached to an aromatic ring is 1. The van der Waals surface area contributed by atoms with E-state index in [-0.39, 0.29) is 0 Å². The topological polar surface area (TPSA) is 38.5 Å². The lowest BCUT2D eigenvalue weighted by Crippen LogP contribution is -2.56. The zero-order valence-electron chi connectivity index (χ0n) is 12.4. The van der Waals surface area contributed by atoms with Crippen LogP contribution in [0.25, 0.3) is 0 Å². The molecule has 3 nitrogen and oxygen atoms in total. The van der Waals surface area contributed by atoms with Crippen LogP contribution >= 0.6 is 0 Å². The van der Waals surface area contributed by atoms with Crippen molar-refractivity contribution >= 4 is 11.4 Å². The summed E-state index contributed by atoms with van der Waals surface area (Å²) in [5.41, 5.74) is 8.58. The normalized spacial score (nSPS) is 17.1. The lowest BCUT2D eigenvalue weighted by molar-refractivity contribution is 0.173. The fourth-order valence-electron chi connectivity index (χ4n) is 3.36. The van der Waals surface area contributed by atoms with E-state index < -0.39 is 0 Å². The molecule has 0 atom stereocenters. The van der Waals surface area contributed by atoms with Crippen molar-refractivity contribution in [3.63, 3.8) is 0 Å². The molecule has 1 aliphatic heterocycles. The summed E-state index contributed by atoms with van der Waals surface area (Å²) in [6.07, 6.45) is 5.17. The Morgan fingerprint density at radius 2 is 1.84 bits per heavy atom. The molecule has 0 unspecified atom stereocenters. The molecule has 1 aliphatic rings. The Morgan fingerprint density at radius 1 is 1.21 bits per heavy atom. The van der Waals surface area contributed by atoms with Gasteiger partial charge in [-0.2, -0.15) is 0 Å². The number of nitrogens with zero attached hydrogens (tertiary/aromatic N) is 1. The first-order valence-corrected chi connectivity index (χ1v) is 7.32. The van der Waals surface area contributed by atoms with Crippen LogP contribution in [0.3, 0.4) is 0 Å². The van der Waals surface area contributed by atoms with Crippen molar-refractivity contribution in [2.24, 2.45) is 5.41 Å². The minimum Gasteiger partial charge on any atom is -0.497 e. The summed E-state index contributed by atoms with van der Waals surface area (Å²) in [4.78, 5) is 2.39. The van der Waals surface area contributed by atoms with Gasteiger partial charge >= 0.3 is 0 Å². The van der Waals surface area contributed by atoms with Gasteiger partial charge in [0.1, 0.15) is 5.75 Å². The number of ether oxygens (including phenoxy) is 1. The van der Waals surface area contributed by atoms with E-state index in [0.29, 0.717) is 5.41 Å². The molecule has 1 fully saturated rings. The van der Waals surface area contributed by atoms with E-state index in [4.69, 9.17) is 10.5 Å². The molecule has 0 radical (unpaired) electrons. The molecule has 1 aromatic carbocycles. The van der Waals surface area contributed by atoms with Gasteiger partial charge in [-0.15, -0.1) is 0 Å². The van der Waals surface area contributed by atoms with Crippen LogP contribution in [0.4, 0.5) is 11.4 Å². The average molecular weight is 262 g/mol. The first-order valence-electron chi connectivity index (χ1n) is 7.32. The van der Waals surface area contributed by atoms with Crippen LogP contribution < -0.4 is 15.4 Å². The van der Waals surface area contributed by atoms with Crippen LogP contribution in [-0.2, 0) is 0 Å². The predicted molar refractivity (Wildman–Crippen MR) is 81.9 cm³/mol. The molecule has 0 bridgehead atoms. The molecule has 0 aromatic heterocycles. The number of benzene rings is 1. The van der Waals surface area contributed by atoms with E-state index in [1.54, 1.807) is 7.11 Å². The number of methoxy groups -OCH3 is 1. The first-order chi connectivity index (χ1) is 9.14. The van der Waals surface area contributed by atoms with Gasteiger partial charge < -0.3 is 15.4 Å². The molecule has 1 heterocycles.